The Hall–Kier alpha value is -1.99. The minimum absolute atomic E-state index is 0.0174. The molecular weight excluding hydrogens is 240 g/mol. The summed E-state index contributed by atoms with van der Waals surface area (Å²) >= 11 is 0. The largest absolute Gasteiger partial charge is 0.481 e. The number of urea groups is 2. The molecule has 0 aromatic rings. The van der Waals surface area contributed by atoms with E-state index in [0.717, 1.165) is 0 Å². The Kier molecular flexibility index (Phi) is 6.54. The lowest BCUT2D eigenvalue weighted by Gasteiger charge is -2.25. The van der Waals surface area contributed by atoms with Gasteiger partial charge < -0.3 is 26.8 Å². The number of carboxylic acids is 1. The third-order valence-electron chi connectivity index (χ3n) is 2.13. The molecule has 0 fully saturated rings. The predicted molar refractivity (Wildman–Crippen MR) is 65.1 cm³/mol. The lowest BCUT2D eigenvalue weighted by Crippen LogP contribution is -2.50. The fraction of sp³-hybridized carbons (Fsp3) is 0.700. The molecule has 8 heteroatoms. The minimum Gasteiger partial charge on any atom is -0.481 e. The van der Waals surface area contributed by atoms with Crippen LogP contribution in [0.3, 0.4) is 0 Å². The van der Waals surface area contributed by atoms with Crippen LogP contribution in [0.25, 0.3) is 0 Å². The number of carbonyl (C=O) groups excluding carboxylic acids is 2. The first-order valence-corrected chi connectivity index (χ1v) is 5.54. The Morgan fingerprint density at radius 3 is 2.22 bits per heavy atom. The van der Waals surface area contributed by atoms with Crippen LogP contribution in [0.5, 0.6) is 0 Å². The molecule has 0 radical (unpaired) electrons. The number of nitrogens with two attached hydrogens (primary N) is 1. The lowest BCUT2D eigenvalue weighted by atomic mass is 9.99. The molecule has 0 aromatic carbocycles. The zero-order valence-electron chi connectivity index (χ0n) is 10.6. The molecule has 0 aliphatic rings. The fourth-order valence-electron chi connectivity index (χ4n) is 1.20. The molecule has 0 aliphatic carbocycles. The topological polar surface area (TPSA) is 134 Å². The molecule has 0 saturated heterocycles. The van der Waals surface area contributed by atoms with Crippen LogP contribution in [-0.4, -0.2) is 41.8 Å². The van der Waals surface area contributed by atoms with E-state index in [2.05, 4.69) is 16.0 Å². The van der Waals surface area contributed by atoms with Crippen LogP contribution < -0.4 is 21.7 Å². The van der Waals surface area contributed by atoms with E-state index in [0.29, 0.717) is 6.42 Å². The highest BCUT2D eigenvalue weighted by Gasteiger charge is 2.21. The second-order valence-corrected chi connectivity index (χ2v) is 4.45. The van der Waals surface area contributed by atoms with Crippen LogP contribution >= 0.6 is 0 Å². The van der Waals surface area contributed by atoms with E-state index in [1.807, 2.05) is 0 Å². The Balaban J connectivity index is 3.84. The van der Waals surface area contributed by atoms with Crippen LogP contribution in [0.1, 0.15) is 26.7 Å². The standard InChI is InChI=1S/C10H20N4O4/c1-10(2,4-3-7(15)16)14-9(18)13-6-5-12-8(11)17/h3-6H2,1-2H3,(H,15,16)(H3,11,12,17)(H2,13,14,18). The van der Waals surface area contributed by atoms with E-state index in [9.17, 15) is 14.4 Å². The summed E-state index contributed by atoms with van der Waals surface area (Å²) in [5.74, 6) is -0.907. The number of aliphatic carboxylic acids is 1. The summed E-state index contributed by atoms with van der Waals surface area (Å²) in [6.07, 6.45) is 0.311. The van der Waals surface area contributed by atoms with Crippen molar-refractivity contribution in [3.8, 4) is 0 Å². The Morgan fingerprint density at radius 1 is 1.17 bits per heavy atom. The highest BCUT2D eigenvalue weighted by molar-refractivity contribution is 5.75. The summed E-state index contributed by atoms with van der Waals surface area (Å²) in [5, 5.41) is 16.0. The Morgan fingerprint density at radius 2 is 1.72 bits per heavy atom. The van der Waals surface area contributed by atoms with Crippen LogP contribution in [0.4, 0.5) is 9.59 Å². The van der Waals surface area contributed by atoms with Crippen molar-refractivity contribution < 1.29 is 19.5 Å². The van der Waals surface area contributed by atoms with Crippen LogP contribution in [0.2, 0.25) is 0 Å². The zero-order chi connectivity index (χ0) is 14.2. The lowest BCUT2D eigenvalue weighted by molar-refractivity contribution is -0.137. The molecule has 0 aromatic heterocycles. The van der Waals surface area contributed by atoms with Gasteiger partial charge in [0.05, 0.1) is 0 Å². The molecule has 0 atom stereocenters. The minimum atomic E-state index is -0.907. The number of rotatable bonds is 7. The van der Waals surface area contributed by atoms with Crippen LogP contribution in [0, 0.1) is 0 Å². The van der Waals surface area contributed by atoms with Crippen molar-refractivity contribution in [3.63, 3.8) is 0 Å². The first-order valence-electron chi connectivity index (χ1n) is 5.54. The van der Waals surface area contributed by atoms with Gasteiger partial charge in [0.25, 0.3) is 0 Å². The Labute approximate surface area is 105 Å². The van der Waals surface area contributed by atoms with Crippen LogP contribution in [0.15, 0.2) is 0 Å². The van der Waals surface area contributed by atoms with Crippen molar-refractivity contribution in [2.24, 2.45) is 5.73 Å². The smallest absolute Gasteiger partial charge is 0.315 e. The predicted octanol–water partition coefficient (Wildman–Crippen LogP) is -0.403. The van der Waals surface area contributed by atoms with Crippen molar-refractivity contribution in [1.29, 1.82) is 0 Å². The molecule has 0 rings (SSSR count). The monoisotopic (exact) mass is 260 g/mol. The molecular formula is C10H20N4O4. The fourth-order valence-corrected chi connectivity index (χ4v) is 1.20. The normalized spacial score (nSPS) is 10.6. The number of nitrogens with one attached hydrogen (secondary N) is 3. The maximum absolute atomic E-state index is 11.4. The first kappa shape index (κ1) is 16.0. The maximum Gasteiger partial charge on any atom is 0.315 e. The van der Waals surface area contributed by atoms with Gasteiger partial charge >= 0.3 is 18.0 Å². The number of primary amides is 1. The molecule has 0 spiro atoms. The summed E-state index contributed by atoms with van der Waals surface area (Å²) in [5.41, 5.74) is 4.23. The van der Waals surface area contributed by atoms with Crippen LogP contribution in [-0.2, 0) is 4.79 Å². The zero-order valence-corrected chi connectivity index (χ0v) is 10.6. The summed E-state index contributed by atoms with van der Waals surface area (Å²) in [7, 11) is 0. The van der Waals surface area contributed by atoms with Gasteiger partial charge in [0.15, 0.2) is 0 Å². The number of hydrogen-bond donors (Lipinski definition) is 5. The van der Waals surface area contributed by atoms with E-state index in [1.165, 1.54) is 0 Å². The number of carboxylic acid groups (broad SMARTS) is 1. The second kappa shape index (κ2) is 7.36. The number of hydrogen-bond acceptors (Lipinski definition) is 3. The first-order chi connectivity index (χ1) is 8.23. The van der Waals surface area contributed by atoms with Gasteiger partial charge in [-0.1, -0.05) is 0 Å². The van der Waals surface area contributed by atoms with E-state index in [1.54, 1.807) is 13.8 Å². The van der Waals surface area contributed by atoms with E-state index in [-0.39, 0.29) is 19.5 Å². The number of carbonyl (C=O) groups is 3. The molecule has 0 heterocycles. The highest BCUT2D eigenvalue weighted by Crippen LogP contribution is 2.10. The van der Waals surface area contributed by atoms with E-state index in [4.69, 9.17) is 10.8 Å². The SMILES string of the molecule is CC(C)(CCC(=O)O)NC(=O)NCCNC(N)=O. The van der Waals surface area contributed by atoms with E-state index >= 15 is 0 Å². The van der Waals surface area contributed by atoms with Crippen molar-refractivity contribution in [2.75, 3.05) is 13.1 Å². The average Bonchev–Trinajstić information content (AvgIpc) is 2.21. The summed E-state index contributed by atoms with van der Waals surface area (Å²) in [4.78, 5) is 32.2. The van der Waals surface area contributed by atoms with Gasteiger partial charge in [-0.2, -0.15) is 0 Å². The summed E-state index contributed by atoms with van der Waals surface area (Å²) < 4.78 is 0. The Bertz CT molecular complexity index is 317. The molecule has 0 unspecified atom stereocenters. The summed E-state index contributed by atoms with van der Waals surface area (Å²) in [6, 6.07) is -1.07. The highest BCUT2D eigenvalue weighted by atomic mass is 16.4. The van der Waals surface area contributed by atoms with Gasteiger partial charge in [0, 0.05) is 25.0 Å². The van der Waals surface area contributed by atoms with Gasteiger partial charge in [-0.05, 0) is 20.3 Å². The molecule has 18 heavy (non-hydrogen) atoms. The third-order valence-corrected chi connectivity index (χ3v) is 2.13. The molecule has 6 N–H and O–H groups in total. The molecule has 0 saturated carbocycles. The van der Waals surface area contributed by atoms with Crippen molar-refractivity contribution in [3.05, 3.63) is 0 Å². The molecule has 0 aliphatic heterocycles. The van der Waals surface area contributed by atoms with Gasteiger partial charge in [-0.25, -0.2) is 9.59 Å². The molecule has 4 amide bonds. The van der Waals surface area contributed by atoms with E-state index < -0.39 is 23.6 Å². The summed E-state index contributed by atoms with van der Waals surface area (Å²) in [6.45, 7) is 3.94. The van der Waals surface area contributed by atoms with Gasteiger partial charge in [-0.15, -0.1) is 0 Å². The number of amides is 4. The molecule has 0 bridgehead atoms. The molecule has 104 valence electrons. The molecule has 8 nitrogen and oxygen atoms in total. The van der Waals surface area contributed by atoms with Crippen molar-refractivity contribution >= 4 is 18.0 Å². The second-order valence-electron chi connectivity index (χ2n) is 4.45. The maximum atomic E-state index is 11.4. The van der Waals surface area contributed by atoms with Gasteiger partial charge in [-0.3, -0.25) is 4.79 Å². The van der Waals surface area contributed by atoms with Crippen molar-refractivity contribution in [2.45, 2.75) is 32.2 Å². The average molecular weight is 260 g/mol. The van der Waals surface area contributed by atoms with Gasteiger partial charge in [0.2, 0.25) is 0 Å². The van der Waals surface area contributed by atoms with Gasteiger partial charge in [0.1, 0.15) is 0 Å². The van der Waals surface area contributed by atoms with Crippen molar-refractivity contribution in [1.82, 2.24) is 16.0 Å². The third kappa shape index (κ3) is 9.25. The quantitative estimate of drug-likeness (QED) is 0.398.